The van der Waals surface area contributed by atoms with Crippen molar-refractivity contribution in [2.75, 3.05) is 19.3 Å². The van der Waals surface area contributed by atoms with Gasteiger partial charge in [-0.1, -0.05) is 11.6 Å². The molecule has 1 N–H and O–H groups in total. The molecule has 1 atom stereocenters. The fourth-order valence-electron chi connectivity index (χ4n) is 2.95. The van der Waals surface area contributed by atoms with Crippen LogP contribution in [0.15, 0.2) is 12.3 Å². The van der Waals surface area contributed by atoms with Crippen LogP contribution < -0.4 is 5.32 Å². The third kappa shape index (κ3) is 8.30. The lowest BCUT2D eigenvalue weighted by atomic mass is 10.0. The van der Waals surface area contributed by atoms with Gasteiger partial charge >= 0.3 is 6.09 Å². The Bertz CT molecular complexity index is 795. The van der Waals surface area contributed by atoms with Gasteiger partial charge in [-0.05, 0) is 51.8 Å². The van der Waals surface area contributed by atoms with E-state index < -0.39 is 21.8 Å². The number of aromatic nitrogens is 1. The van der Waals surface area contributed by atoms with E-state index in [0.29, 0.717) is 18.7 Å². The first-order chi connectivity index (χ1) is 12.9. The summed E-state index contributed by atoms with van der Waals surface area (Å²) in [6.07, 6.45) is 4.09. The Labute approximate surface area is 171 Å². The topological polar surface area (TPSA) is 97.8 Å². The number of hydrogen-bond donors (Lipinski definition) is 1. The Morgan fingerprint density at radius 1 is 1.43 bits per heavy atom. The second kappa shape index (κ2) is 9.39. The molecule has 0 bridgehead atoms. The Kier molecular flexibility index (Phi) is 7.66. The summed E-state index contributed by atoms with van der Waals surface area (Å²) in [5, 5.41) is 3.14. The lowest BCUT2D eigenvalue weighted by molar-refractivity contribution is 0.0470. The fourth-order valence-corrected chi connectivity index (χ4v) is 3.45. The van der Waals surface area contributed by atoms with Gasteiger partial charge in [-0.3, -0.25) is 9.08 Å². The fraction of sp³-hybridized carbons (Fsp3) is 0.667. The van der Waals surface area contributed by atoms with E-state index in [2.05, 4.69) is 15.2 Å². The van der Waals surface area contributed by atoms with Crippen molar-refractivity contribution < 1.29 is 22.1 Å². The van der Waals surface area contributed by atoms with Crippen LogP contribution in [0.4, 0.5) is 4.79 Å². The minimum Gasteiger partial charge on any atom is -0.444 e. The standard InChI is InChI=1S/C18H28ClN3O5S/c1-18(2,3)27-17(23)21-15-6-5-7-22(11-15)10-13-8-14(16(19)20-9-13)12-26-28(4,24)25/h8-9,15H,5-7,10-12H2,1-4H3,(H,21,23)/t15-/m1/s1. The van der Waals surface area contributed by atoms with Crippen molar-refractivity contribution in [3.8, 4) is 0 Å². The summed E-state index contributed by atoms with van der Waals surface area (Å²) < 4.78 is 32.5. The Morgan fingerprint density at radius 2 is 2.14 bits per heavy atom. The zero-order chi connectivity index (χ0) is 20.9. The molecule has 1 fully saturated rings. The molecule has 0 spiro atoms. The number of piperidine rings is 1. The number of pyridine rings is 1. The third-order valence-corrected chi connectivity index (χ3v) is 4.92. The number of hydrogen-bond acceptors (Lipinski definition) is 7. The molecule has 8 nitrogen and oxygen atoms in total. The van der Waals surface area contributed by atoms with E-state index in [1.165, 1.54) is 0 Å². The van der Waals surface area contributed by atoms with Crippen LogP contribution in [0.5, 0.6) is 0 Å². The van der Waals surface area contributed by atoms with E-state index in [0.717, 1.165) is 31.2 Å². The normalized spacial score (nSPS) is 18.7. The number of ether oxygens (including phenoxy) is 1. The highest BCUT2D eigenvalue weighted by Crippen LogP contribution is 2.19. The number of likely N-dealkylation sites (tertiary alicyclic amines) is 1. The van der Waals surface area contributed by atoms with E-state index in [-0.39, 0.29) is 17.8 Å². The molecule has 1 aromatic rings. The Morgan fingerprint density at radius 3 is 2.79 bits per heavy atom. The summed E-state index contributed by atoms with van der Waals surface area (Å²) in [6, 6.07) is 1.81. The first kappa shape index (κ1) is 22.9. The van der Waals surface area contributed by atoms with Crippen LogP contribution in [0.25, 0.3) is 0 Å². The molecule has 28 heavy (non-hydrogen) atoms. The minimum atomic E-state index is -3.56. The van der Waals surface area contributed by atoms with Crippen molar-refractivity contribution in [2.24, 2.45) is 0 Å². The van der Waals surface area contributed by atoms with Gasteiger partial charge in [-0.15, -0.1) is 0 Å². The van der Waals surface area contributed by atoms with Crippen molar-refractivity contribution >= 4 is 27.8 Å². The molecule has 1 aliphatic rings. The van der Waals surface area contributed by atoms with E-state index >= 15 is 0 Å². The van der Waals surface area contributed by atoms with Gasteiger partial charge in [-0.25, -0.2) is 9.78 Å². The number of halogens is 1. The number of rotatable bonds is 6. The lowest BCUT2D eigenvalue weighted by Gasteiger charge is -2.33. The van der Waals surface area contributed by atoms with Crippen LogP contribution in [0.2, 0.25) is 5.15 Å². The summed E-state index contributed by atoms with van der Waals surface area (Å²) in [5.74, 6) is 0. The molecule has 1 aliphatic heterocycles. The van der Waals surface area contributed by atoms with Gasteiger partial charge in [0.15, 0.2) is 0 Å². The molecule has 0 aliphatic carbocycles. The number of amides is 1. The maximum atomic E-state index is 12.0. The summed E-state index contributed by atoms with van der Waals surface area (Å²) in [6.45, 7) is 7.54. The SMILES string of the molecule is CC(C)(C)OC(=O)N[C@@H]1CCCN(Cc2cnc(Cl)c(COS(C)(=O)=O)c2)C1. The summed E-state index contributed by atoms with van der Waals surface area (Å²) in [7, 11) is -3.56. The van der Waals surface area contributed by atoms with E-state index in [4.69, 9.17) is 20.5 Å². The number of nitrogens with zero attached hydrogens (tertiary/aromatic N) is 2. The van der Waals surface area contributed by atoms with Crippen molar-refractivity contribution in [3.63, 3.8) is 0 Å². The van der Waals surface area contributed by atoms with Gasteiger partial charge in [0, 0.05) is 30.9 Å². The van der Waals surface area contributed by atoms with Crippen molar-refractivity contribution in [1.82, 2.24) is 15.2 Å². The predicted molar refractivity (Wildman–Crippen MR) is 107 cm³/mol. The number of nitrogens with one attached hydrogen (secondary N) is 1. The molecular formula is C18H28ClN3O5S. The quantitative estimate of drug-likeness (QED) is 0.544. The molecule has 1 aromatic heterocycles. The van der Waals surface area contributed by atoms with Crippen LogP contribution in [0, 0.1) is 0 Å². The molecule has 0 saturated carbocycles. The molecule has 2 rings (SSSR count). The predicted octanol–water partition coefficient (Wildman–Crippen LogP) is 2.70. The second-order valence-electron chi connectivity index (χ2n) is 7.98. The molecule has 1 amide bonds. The minimum absolute atomic E-state index is 0.0110. The van der Waals surface area contributed by atoms with E-state index in [9.17, 15) is 13.2 Å². The maximum Gasteiger partial charge on any atom is 0.407 e. The van der Waals surface area contributed by atoms with Gasteiger partial charge in [0.05, 0.1) is 12.9 Å². The van der Waals surface area contributed by atoms with E-state index in [1.807, 2.05) is 20.8 Å². The van der Waals surface area contributed by atoms with Crippen LogP contribution >= 0.6 is 11.6 Å². The van der Waals surface area contributed by atoms with Crippen LogP contribution in [0.1, 0.15) is 44.7 Å². The Hall–Kier alpha value is -1.42. The molecule has 158 valence electrons. The second-order valence-corrected chi connectivity index (χ2v) is 9.98. The van der Waals surface area contributed by atoms with Crippen molar-refractivity contribution in [1.29, 1.82) is 0 Å². The molecule has 1 saturated heterocycles. The highest BCUT2D eigenvalue weighted by atomic mass is 35.5. The third-order valence-electron chi connectivity index (χ3n) is 4.03. The summed E-state index contributed by atoms with van der Waals surface area (Å²) in [4.78, 5) is 18.3. The average Bonchev–Trinajstić information content (AvgIpc) is 2.53. The highest BCUT2D eigenvalue weighted by molar-refractivity contribution is 7.85. The van der Waals surface area contributed by atoms with Crippen LogP contribution in [-0.2, 0) is 32.2 Å². The average molecular weight is 434 g/mol. The number of carbonyl (C=O) groups excluding carboxylic acids is 1. The monoisotopic (exact) mass is 433 g/mol. The van der Waals surface area contributed by atoms with Crippen molar-refractivity contribution in [3.05, 3.63) is 28.5 Å². The summed E-state index contributed by atoms with van der Waals surface area (Å²) in [5.41, 5.74) is 0.886. The van der Waals surface area contributed by atoms with Gasteiger partial charge < -0.3 is 10.1 Å². The molecule has 10 heteroatoms. The lowest BCUT2D eigenvalue weighted by Crippen LogP contribution is -2.48. The van der Waals surface area contributed by atoms with Gasteiger partial charge in [0.2, 0.25) is 0 Å². The summed E-state index contributed by atoms with van der Waals surface area (Å²) >= 11 is 6.04. The van der Waals surface area contributed by atoms with Crippen LogP contribution in [0.3, 0.4) is 0 Å². The largest absolute Gasteiger partial charge is 0.444 e. The highest BCUT2D eigenvalue weighted by Gasteiger charge is 2.24. The van der Waals surface area contributed by atoms with Gasteiger partial charge in [-0.2, -0.15) is 8.42 Å². The van der Waals surface area contributed by atoms with Crippen LogP contribution in [-0.4, -0.2) is 55.4 Å². The van der Waals surface area contributed by atoms with Gasteiger partial charge in [0.25, 0.3) is 10.1 Å². The zero-order valence-corrected chi connectivity index (χ0v) is 18.3. The molecule has 0 radical (unpaired) electrons. The van der Waals surface area contributed by atoms with Gasteiger partial charge in [0.1, 0.15) is 10.8 Å². The maximum absolute atomic E-state index is 12.0. The molecule has 2 heterocycles. The smallest absolute Gasteiger partial charge is 0.407 e. The molecular weight excluding hydrogens is 406 g/mol. The molecule has 0 unspecified atom stereocenters. The Balaban J connectivity index is 1.94. The zero-order valence-electron chi connectivity index (χ0n) is 16.7. The molecule has 0 aromatic carbocycles. The number of carbonyl (C=O) groups is 1. The van der Waals surface area contributed by atoms with E-state index in [1.54, 1.807) is 12.3 Å². The number of alkyl carbamates (subject to hydrolysis) is 1. The first-order valence-corrected chi connectivity index (χ1v) is 11.3. The first-order valence-electron chi connectivity index (χ1n) is 9.11. The van der Waals surface area contributed by atoms with Crippen molar-refractivity contribution in [2.45, 2.75) is 58.4 Å².